The zero-order valence-electron chi connectivity index (χ0n) is 23.3. The van der Waals surface area contributed by atoms with Crippen molar-refractivity contribution in [2.24, 2.45) is 0 Å². The van der Waals surface area contributed by atoms with Gasteiger partial charge >= 0.3 is 15.2 Å². The molecule has 1 aliphatic rings. The smallest absolute Gasteiger partial charge is 0.369 e. The number of fused-ring (bicyclic) bond motifs is 1. The Hall–Kier alpha value is -3.20. The fourth-order valence-corrected chi connectivity index (χ4v) is 6.38. The first kappa shape index (κ1) is 35.3. The largest absolute Gasteiger partial charge is 0.492 e. The van der Waals surface area contributed by atoms with Crippen LogP contribution >= 0.6 is 15.2 Å². The lowest BCUT2D eigenvalue weighted by Gasteiger charge is -2.29. The van der Waals surface area contributed by atoms with Crippen LogP contribution in [0.3, 0.4) is 0 Å². The van der Waals surface area contributed by atoms with Crippen molar-refractivity contribution in [2.75, 3.05) is 39.5 Å². The zero-order valence-corrected chi connectivity index (χ0v) is 25.0. The molecule has 1 atom stereocenters. The molecule has 0 fully saturated rings. The summed E-state index contributed by atoms with van der Waals surface area (Å²) in [7, 11) is -11.1. The number of amides is 2. The van der Waals surface area contributed by atoms with Crippen LogP contribution in [0.15, 0.2) is 42.5 Å². The normalized spacial score (nSPS) is 15.2. The third kappa shape index (κ3) is 9.40. The van der Waals surface area contributed by atoms with Gasteiger partial charge in [0.15, 0.2) is 12.4 Å². The van der Waals surface area contributed by atoms with E-state index in [0.29, 0.717) is 22.6 Å². The quantitative estimate of drug-likeness (QED) is 0.0982. The van der Waals surface area contributed by atoms with Crippen molar-refractivity contribution in [3.8, 4) is 11.5 Å². The molecule has 1 unspecified atom stereocenters. The van der Waals surface area contributed by atoms with E-state index in [1.165, 1.54) is 42.5 Å². The van der Waals surface area contributed by atoms with Gasteiger partial charge in [0.1, 0.15) is 23.9 Å². The number of nitrogens with one attached hydrogen (secondary N) is 2. The van der Waals surface area contributed by atoms with E-state index in [4.69, 9.17) is 33.8 Å². The van der Waals surface area contributed by atoms with Gasteiger partial charge in [-0.3, -0.25) is 23.5 Å². The minimum absolute atomic E-state index is 0.0248. The topological polar surface area (TPSA) is 238 Å². The summed E-state index contributed by atoms with van der Waals surface area (Å²) in [6, 6.07) is 10.2. The monoisotopic (exact) mass is 662 g/mol. The second-order valence-corrected chi connectivity index (χ2v) is 13.8. The molecule has 1 aliphatic heterocycles. The van der Waals surface area contributed by atoms with E-state index in [1.807, 2.05) is 0 Å². The van der Waals surface area contributed by atoms with E-state index in [1.54, 1.807) is 0 Å². The number of aliphatic hydroxyl groups is 1. The minimum atomic E-state index is -5.55. The number of ketones is 1. The lowest BCUT2D eigenvalue weighted by Crippen LogP contribution is -2.32. The van der Waals surface area contributed by atoms with Gasteiger partial charge in [-0.05, 0) is 36.2 Å². The molecule has 242 valence electrons. The van der Waals surface area contributed by atoms with Crippen molar-refractivity contribution in [3.05, 3.63) is 59.4 Å². The summed E-state index contributed by atoms with van der Waals surface area (Å²) in [6.45, 7) is -0.303. The molecular weight excluding hydrogens is 629 g/mol. The molecule has 0 spiro atoms. The summed E-state index contributed by atoms with van der Waals surface area (Å²) in [5.74, 6) is -1.49. The molecule has 3 rings (SSSR count). The van der Waals surface area contributed by atoms with Gasteiger partial charge < -0.3 is 49.5 Å². The first-order chi connectivity index (χ1) is 20.6. The predicted octanol–water partition coefficient (Wildman–Crippen LogP) is 0.984. The summed E-state index contributed by atoms with van der Waals surface area (Å²) in [4.78, 5) is 73.1. The average molecular weight is 662 g/mol. The Morgan fingerprint density at radius 2 is 1.64 bits per heavy atom. The summed E-state index contributed by atoms with van der Waals surface area (Å²) in [5, 5.41) is 11.2. The molecule has 15 nitrogen and oxygen atoms in total. The highest BCUT2D eigenvalue weighted by Crippen LogP contribution is 2.69. The highest BCUT2D eigenvalue weighted by Gasteiger charge is 2.58. The van der Waals surface area contributed by atoms with Crippen molar-refractivity contribution >= 4 is 32.8 Å². The molecule has 18 heteroatoms. The molecule has 0 saturated carbocycles. The lowest BCUT2D eigenvalue weighted by atomic mass is 9.89. The number of hydrogen-bond acceptors (Lipinski definition) is 9. The van der Waals surface area contributed by atoms with Gasteiger partial charge in [0, 0.05) is 32.0 Å². The molecule has 7 N–H and O–H groups in total. The second kappa shape index (κ2) is 15.2. The summed E-state index contributed by atoms with van der Waals surface area (Å²) in [5.41, 5.74) is 0.988. The Morgan fingerprint density at radius 1 is 0.977 bits per heavy atom. The third-order valence-electron chi connectivity index (χ3n) is 6.57. The van der Waals surface area contributed by atoms with E-state index < -0.39 is 50.2 Å². The highest BCUT2D eigenvalue weighted by atomic mass is 31.2. The number of carbonyl (C=O) groups is 3. The zero-order chi connectivity index (χ0) is 32.5. The predicted molar refractivity (Wildman–Crippen MR) is 151 cm³/mol. The van der Waals surface area contributed by atoms with Gasteiger partial charge in [-0.25, -0.2) is 4.39 Å². The van der Waals surface area contributed by atoms with Crippen molar-refractivity contribution in [3.63, 3.8) is 0 Å². The average Bonchev–Trinajstić information content (AvgIpc) is 2.95. The van der Waals surface area contributed by atoms with Crippen LogP contribution in [-0.4, -0.2) is 86.9 Å². The molecule has 0 bridgehead atoms. The number of Topliss-reactive ketones (excluding diaryl/α,β-unsaturated/α-hetero) is 1. The minimum Gasteiger partial charge on any atom is -0.492 e. The third-order valence-corrected chi connectivity index (χ3v) is 10.4. The number of hydrogen-bond donors (Lipinski definition) is 7. The van der Waals surface area contributed by atoms with Gasteiger partial charge in [-0.15, -0.1) is 0 Å². The van der Waals surface area contributed by atoms with Crippen LogP contribution < -0.4 is 20.1 Å². The Balaban J connectivity index is 1.29. The Bertz CT molecular complexity index is 1410. The van der Waals surface area contributed by atoms with Crippen LogP contribution in [0.5, 0.6) is 11.5 Å². The molecule has 2 amide bonds. The molecule has 0 aliphatic carbocycles. The molecule has 0 radical (unpaired) electrons. The molecule has 0 aromatic heterocycles. The van der Waals surface area contributed by atoms with Crippen molar-refractivity contribution < 1.29 is 66.8 Å². The summed E-state index contributed by atoms with van der Waals surface area (Å²) < 4.78 is 52.3. The van der Waals surface area contributed by atoms with Crippen molar-refractivity contribution in [1.82, 2.24) is 10.6 Å². The number of ether oxygens (including phenoxy) is 3. The Morgan fingerprint density at radius 3 is 2.30 bits per heavy atom. The maximum absolute atomic E-state index is 13.2. The number of rotatable bonds is 16. The van der Waals surface area contributed by atoms with Crippen molar-refractivity contribution in [1.29, 1.82) is 0 Å². The first-order valence-corrected chi connectivity index (χ1v) is 16.5. The van der Waals surface area contributed by atoms with E-state index in [0.717, 1.165) is 0 Å². The summed E-state index contributed by atoms with van der Waals surface area (Å²) in [6.07, 6.45) is -1.37. The van der Waals surface area contributed by atoms with Crippen LogP contribution in [0.1, 0.15) is 41.1 Å². The van der Waals surface area contributed by atoms with Crippen LogP contribution in [0.2, 0.25) is 0 Å². The maximum atomic E-state index is 13.2. The SMILES string of the molecule is O=C(CCOCCNC(=O)COc1ccc2c(c1)OCC(c1ccc(F)cc1)C2=O)NCCCC(O)(P(=O)(O)O)P(=O)(O)O. The molecule has 2 aromatic carbocycles. The fourth-order valence-electron chi connectivity index (χ4n) is 4.13. The van der Waals surface area contributed by atoms with Gasteiger partial charge in [-0.1, -0.05) is 12.1 Å². The van der Waals surface area contributed by atoms with E-state index in [9.17, 15) is 33.0 Å². The van der Waals surface area contributed by atoms with Crippen molar-refractivity contribution in [2.45, 2.75) is 30.3 Å². The molecule has 0 saturated heterocycles. The number of carbonyl (C=O) groups excluding carboxylic acids is 3. The molecule has 44 heavy (non-hydrogen) atoms. The van der Waals surface area contributed by atoms with Gasteiger partial charge in [-0.2, -0.15) is 0 Å². The van der Waals surface area contributed by atoms with Crippen LogP contribution in [0.4, 0.5) is 4.39 Å². The van der Waals surface area contributed by atoms with Crippen LogP contribution in [0.25, 0.3) is 0 Å². The number of benzene rings is 2. The van der Waals surface area contributed by atoms with Gasteiger partial charge in [0.2, 0.25) is 5.91 Å². The first-order valence-electron chi connectivity index (χ1n) is 13.3. The highest BCUT2D eigenvalue weighted by molar-refractivity contribution is 7.72. The molecule has 2 aromatic rings. The van der Waals surface area contributed by atoms with Gasteiger partial charge in [0.25, 0.3) is 11.0 Å². The van der Waals surface area contributed by atoms with E-state index in [-0.39, 0.29) is 58.1 Å². The Kier molecular flexibility index (Phi) is 12.2. The van der Waals surface area contributed by atoms with E-state index in [2.05, 4.69) is 10.6 Å². The molecular formula is C26H33FN2O13P2. The van der Waals surface area contributed by atoms with Gasteiger partial charge in [0.05, 0.1) is 24.7 Å². The van der Waals surface area contributed by atoms with E-state index >= 15 is 0 Å². The number of halogens is 1. The Labute approximate surface area is 251 Å². The maximum Gasteiger partial charge on any atom is 0.369 e. The second-order valence-electron chi connectivity index (χ2n) is 9.75. The standard InChI is InChI=1S/C26H33FN2O13P2/c27-18-4-2-17(3-5-18)21-15-42-22-14-19(6-7-20(22)25(21)32)41-16-24(31)29-11-13-40-12-8-23(30)28-10-1-9-26(33,43(34,35)36)44(37,38)39/h2-7,14,21,33H,1,8-13,15-16H2,(H,28,30)(H,29,31)(H2,34,35,36)(H2,37,38,39). The summed E-state index contributed by atoms with van der Waals surface area (Å²) >= 11 is 0. The molecule has 1 heterocycles. The van der Waals surface area contributed by atoms with Crippen LogP contribution in [-0.2, 0) is 23.5 Å². The fraction of sp³-hybridized carbons (Fsp3) is 0.423. The lowest BCUT2D eigenvalue weighted by molar-refractivity contribution is -0.124. The van der Waals surface area contributed by atoms with Crippen LogP contribution in [0, 0.1) is 5.82 Å².